The average Bonchev–Trinajstić information content (AvgIpc) is 3.13. The van der Waals surface area contributed by atoms with Gasteiger partial charge in [-0.2, -0.15) is 4.31 Å². The van der Waals surface area contributed by atoms with E-state index in [1.165, 1.54) is 10.4 Å². The monoisotopic (exact) mass is 494 g/mol. The van der Waals surface area contributed by atoms with Crippen molar-refractivity contribution in [3.63, 3.8) is 0 Å². The Hall–Kier alpha value is -2.60. The molecule has 32 heavy (non-hydrogen) atoms. The van der Waals surface area contributed by atoms with Crippen LogP contribution in [0.25, 0.3) is 10.2 Å². The van der Waals surface area contributed by atoms with Gasteiger partial charge in [0.1, 0.15) is 4.90 Å². The van der Waals surface area contributed by atoms with Gasteiger partial charge in [0, 0.05) is 36.8 Å². The highest BCUT2D eigenvalue weighted by molar-refractivity contribution is 7.89. The van der Waals surface area contributed by atoms with E-state index >= 15 is 0 Å². The molecule has 1 aromatic heterocycles. The molecule has 1 aliphatic rings. The van der Waals surface area contributed by atoms with Gasteiger partial charge in [-0.3, -0.25) is 14.9 Å². The Morgan fingerprint density at radius 2 is 1.97 bits per heavy atom. The molecule has 1 N–H and O–H groups in total. The molecule has 1 fully saturated rings. The molecular formula is C20H19ClN4O5S2. The maximum Gasteiger partial charge on any atom is 0.270 e. The van der Waals surface area contributed by atoms with Gasteiger partial charge in [-0.05, 0) is 44.0 Å². The van der Waals surface area contributed by atoms with Gasteiger partial charge in [0.15, 0.2) is 0 Å². The molecule has 0 bridgehead atoms. The maximum atomic E-state index is 13.0. The van der Waals surface area contributed by atoms with Gasteiger partial charge in [-0.1, -0.05) is 11.6 Å². The fraction of sp³-hybridized carbons (Fsp3) is 0.300. The number of anilines is 1. The average molecular weight is 495 g/mol. The van der Waals surface area contributed by atoms with Crippen LogP contribution in [0.15, 0.2) is 41.3 Å². The summed E-state index contributed by atoms with van der Waals surface area (Å²) < 4.78 is 28.2. The molecule has 1 amide bonds. The number of amides is 1. The second kappa shape index (κ2) is 8.74. The minimum atomic E-state index is -4.02. The Kier molecular flexibility index (Phi) is 6.17. The predicted octanol–water partition coefficient (Wildman–Crippen LogP) is 4.21. The Morgan fingerprint density at radius 1 is 1.25 bits per heavy atom. The number of aryl methyl sites for hydroxylation is 1. The molecule has 0 aliphatic carbocycles. The van der Waals surface area contributed by atoms with E-state index in [1.807, 2.05) is 19.1 Å². The van der Waals surface area contributed by atoms with E-state index < -0.39 is 14.9 Å². The highest BCUT2D eigenvalue weighted by Gasteiger charge is 2.34. The number of carbonyl (C=O) groups excluding carboxylic acids is 1. The zero-order valence-corrected chi connectivity index (χ0v) is 19.3. The molecule has 0 radical (unpaired) electrons. The smallest absolute Gasteiger partial charge is 0.270 e. The second-order valence-corrected chi connectivity index (χ2v) is 11.0. The van der Waals surface area contributed by atoms with Crippen molar-refractivity contribution in [1.29, 1.82) is 0 Å². The number of aromatic nitrogens is 1. The van der Waals surface area contributed by atoms with E-state index in [1.54, 1.807) is 17.4 Å². The van der Waals surface area contributed by atoms with Crippen molar-refractivity contribution in [3.05, 3.63) is 56.5 Å². The summed E-state index contributed by atoms with van der Waals surface area (Å²) in [7, 11) is -4.02. The first-order valence-corrected chi connectivity index (χ1v) is 12.4. The quantitative estimate of drug-likeness (QED) is 0.418. The van der Waals surface area contributed by atoms with Crippen LogP contribution in [0.2, 0.25) is 5.02 Å². The Morgan fingerprint density at radius 3 is 2.66 bits per heavy atom. The van der Waals surface area contributed by atoms with E-state index in [-0.39, 0.29) is 40.5 Å². The molecule has 0 spiro atoms. The number of sulfonamides is 1. The third-order valence-corrected chi connectivity index (χ3v) is 8.64. The summed E-state index contributed by atoms with van der Waals surface area (Å²) in [5, 5.41) is 14.8. The van der Waals surface area contributed by atoms with Gasteiger partial charge in [0.05, 0.1) is 25.2 Å². The van der Waals surface area contributed by atoms with Crippen molar-refractivity contribution in [2.75, 3.05) is 18.4 Å². The zero-order valence-electron chi connectivity index (χ0n) is 16.9. The summed E-state index contributed by atoms with van der Waals surface area (Å²) in [5.41, 5.74) is 1.20. The molecule has 0 atom stereocenters. The van der Waals surface area contributed by atoms with Crippen LogP contribution >= 0.6 is 22.9 Å². The lowest BCUT2D eigenvalue weighted by Crippen LogP contribution is -2.41. The molecule has 4 rings (SSSR count). The van der Waals surface area contributed by atoms with Crippen LogP contribution < -0.4 is 5.32 Å². The van der Waals surface area contributed by atoms with Crippen LogP contribution in [-0.4, -0.2) is 41.6 Å². The van der Waals surface area contributed by atoms with Crippen LogP contribution in [-0.2, 0) is 14.8 Å². The molecule has 168 valence electrons. The number of piperidine rings is 1. The number of halogens is 1. The number of non-ortho nitro benzene ring substituents is 1. The number of nitro groups is 1. The highest BCUT2D eigenvalue weighted by Crippen LogP contribution is 2.31. The van der Waals surface area contributed by atoms with Gasteiger partial charge < -0.3 is 5.32 Å². The lowest BCUT2D eigenvalue weighted by atomic mass is 9.97. The number of hydrogen-bond donors (Lipinski definition) is 1. The number of carbonyl (C=O) groups is 1. The van der Waals surface area contributed by atoms with Crippen molar-refractivity contribution in [2.45, 2.75) is 24.7 Å². The number of hydrogen-bond acceptors (Lipinski definition) is 7. The summed E-state index contributed by atoms with van der Waals surface area (Å²) in [6, 6.07) is 8.85. The fourth-order valence-corrected chi connectivity index (χ4v) is 6.49. The largest absolute Gasteiger partial charge is 0.326 e. The van der Waals surface area contributed by atoms with E-state index in [0.29, 0.717) is 18.5 Å². The van der Waals surface area contributed by atoms with Crippen molar-refractivity contribution >= 4 is 60.5 Å². The molecule has 0 unspecified atom stereocenters. The SMILES string of the molecule is Cc1nc2ccc(NC(=O)C3CCN(S(=O)(=O)c4cc([N+](=O)[O-])ccc4Cl)CC3)cc2s1. The standard InChI is InChI=1S/C20H19ClN4O5S2/c1-12-22-17-5-2-14(10-18(17)31-12)23-20(26)13-6-8-24(9-7-13)32(29,30)19-11-15(25(27)28)3-4-16(19)21/h2-5,10-11,13H,6-9H2,1H3,(H,23,26). The minimum absolute atomic E-state index is 0.0795. The number of nitrogens with one attached hydrogen (secondary N) is 1. The summed E-state index contributed by atoms with van der Waals surface area (Å²) in [6.07, 6.45) is 0.666. The van der Waals surface area contributed by atoms with Gasteiger partial charge in [-0.15, -0.1) is 11.3 Å². The fourth-order valence-electron chi connectivity index (χ4n) is 3.66. The van der Waals surface area contributed by atoms with E-state index in [2.05, 4.69) is 10.3 Å². The van der Waals surface area contributed by atoms with Crippen LogP contribution in [0.1, 0.15) is 17.8 Å². The molecule has 12 heteroatoms. The highest BCUT2D eigenvalue weighted by atomic mass is 35.5. The maximum absolute atomic E-state index is 13.0. The Labute approximate surface area is 193 Å². The van der Waals surface area contributed by atoms with Crippen LogP contribution in [0, 0.1) is 23.0 Å². The van der Waals surface area contributed by atoms with Crippen molar-refractivity contribution in [1.82, 2.24) is 9.29 Å². The normalized spacial score (nSPS) is 15.7. The van der Waals surface area contributed by atoms with Crippen molar-refractivity contribution in [2.24, 2.45) is 5.92 Å². The minimum Gasteiger partial charge on any atom is -0.326 e. The number of thiazole rings is 1. The number of nitro benzene ring substituents is 1. The first kappa shape index (κ1) is 22.6. The molecule has 3 aromatic rings. The molecule has 2 aromatic carbocycles. The summed E-state index contributed by atoms with van der Waals surface area (Å²) in [6.45, 7) is 2.16. The van der Waals surface area contributed by atoms with Gasteiger partial charge >= 0.3 is 0 Å². The molecule has 1 aliphatic heterocycles. The summed E-state index contributed by atoms with van der Waals surface area (Å²) in [4.78, 5) is 27.2. The molecule has 9 nitrogen and oxygen atoms in total. The van der Waals surface area contributed by atoms with Crippen LogP contribution in [0.3, 0.4) is 0 Å². The van der Waals surface area contributed by atoms with Gasteiger partial charge in [0.2, 0.25) is 15.9 Å². The van der Waals surface area contributed by atoms with E-state index in [4.69, 9.17) is 11.6 Å². The predicted molar refractivity (Wildman–Crippen MR) is 123 cm³/mol. The lowest BCUT2D eigenvalue weighted by molar-refractivity contribution is -0.385. The first-order chi connectivity index (χ1) is 15.1. The summed E-state index contributed by atoms with van der Waals surface area (Å²) in [5.74, 6) is -0.517. The molecule has 1 saturated heterocycles. The van der Waals surface area contributed by atoms with Gasteiger partial charge in [-0.25, -0.2) is 13.4 Å². The van der Waals surface area contributed by atoms with E-state index in [9.17, 15) is 23.3 Å². The number of fused-ring (bicyclic) bond motifs is 1. The molecular weight excluding hydrogens is 476 g/mol. The van der Waals surface area contributed by atoms with Crippen LogP contribution in [0.4, 0.5) is 11.4 Å². The Balaban J connectivity index is 1.43. The number of rotatable bonds is 5. The van der Waals surface area contributed by atoms with Crippen molar-refractivity contribution in [3.8, 4) is 0 Å². The second-order valence-electron chi connectivity index (χ2n) is 7.45. The lowest BCUT2D eigenvalue weighted by Gasteiger charge is -2.30. The molecule has 0 saturated carbocycles. The van der Waals surface area contributed by atoms with Crippen LogP contribution in [0.5, 0.6) is 0 Å². The van der Waals surface area contributed by atoms with Crippen molar-refractivity contribution < 1.29 is 18.1 Å². The van der Waals surface area contributed by atoms with E-state index in [0.717, 1.165) is 27.4 Å². The van der Waals surface area contributed by atoms with Gasteiger partial charge in [0.25, 0.3) is 5.69 Å². The zero-order chi connectivity index (χ0) is 23.0. The number of nitrogens with zero attached hydrogens (tertiary/aromatic N) is 3. The Bertz CT molecular complexity index is 1320. The molecule has 2 heterocycles. The third-order valence-electron chi connectivity index (χ3n) is 5.33. The summed E-state index contributed by atoms with van der Waals surface area (Å²) >= 11 is 7.57. The number of benzene rings is 2. The first-order valence-electron chi connectivity index (χ1n) is 9.77. The topological polar surface area (TPSA) is 123 Å². The third kappa shape index (κ3) is 4.46.